The molecule has 0 N–H and O–H groups in total. The van der Waals surface area contributed by atoms with Crippen LogP contribution in [-0.4, -0.2) is 6.36 Å². The summed E-state index contributed by atoms with van der Waals surface area (Å²) in [5.74, 6) is -0.420. The summed E-state index contributed by atoms with van der Waals surface area (Å²) in [5, 5.41) is 8.52. The lowest BCUT2D eigenvalue weighted by Crippen LogP contribution is -2.17. The number of rotatable bonds is 1. The maximum Gasteiger partial charge on any atom is 0.573 e. The van der Waals surface area contributed by atoms with Gasteiger partial charge in [0.1, 0.15) is 11.8 Å². The normalized spacial score (nSPS) is 10.8. The average Bonchev–Trinajstić information content (AvgIpc) is 2.06. The number of nitrogens with zero attached hydrogens (tertiary/aromatic N) is 1. The van der Waals surface area contributed by atoms with E-state index < -0.39 is 12.1 Å². The van der Waals surface area contributed by atoms with Gasteiger partial charge in [-0.3, -0.25) is 0 Å². The van der Waals surface area contributed by atoms with Crippen molar-refractivity contribution >= 4 is 15.9 Å². The molecule has 0 saturated heterocycles. The van der Waals surface area contributed by atoms with E-state index in [9.17, 15) is 13.2 Å². The number of alkyl halides is 3. The van der Waals surface area contributed by atoms with Gasteiger partial charge in [-0.15, -0.1) is 13.2 Å². The van der Waals surface area contributed by atoms with Gasteiger partial charge < -0.3 is 4.74 Å². The van der Waals surface area contributed by atoms with Gasteiger partial charge in [-0.2, -0.15) is 5.26 Å². The Bertz CT molecular complexity index is 383. The minimum absolute atomic E-state index is 0.000162. The third-order valence-electron chi connectivity index (χ3n) is 1.31. The fourth-order valence-corrected chi connectivity index (χ4v) is 1.23. The second-order valence-electron chi connectivity index (χ2n) is 2.28. The molecule has 0 aliphatic heterocycles. The second-order valence-corrected chi connectivity index (χ2v) is 3.07. The zero-order chi connectivity index (χ0) is 10.8. The molecule has 14 heavy (non-hydrogen) atoms. The number of nitriles is 1. The molecular formula is C8H3BrF3NO. The standard InChI is InChI=1S/C8H3BrF3NO/c9-7-5(4-13)2-1-3-6(7)14-8(10,11)12/h1-3H. The van der Waals surface area contributed by atoms with Crippen LogP contribution in [0.4, 0.5) is 13.2 Å². The third kappa shape index (κ3) is 2.64. The molecule has 6 heteroatoms. The van der Waals surface area contributed by atoms with Gasteiger partial charge in [0, 0.05) is 0 Å². The summed E-state index contributed by atoms with van der Waals surface area (Å²) in [5.41, 5.74) is 0.0896. The molecule has 0 fully saturated rings. The first-order valence-corrected chi connectivity index (χ1v) is 4.17. The topological polar surface area (TPSA) is 33.0 Å². The molecule has 0 saturated carbocycles. The minimum atomic E-state index is -4.75. The van der Waals surface area contributed by atoms with Crippen LogP contribution in [-0.2, 0) is 0 Å². The Morgan fingerprint density at radius 1 is 1.36 bits per heavy atom. The highest BCUT2D eigenvalue weighted by Gasteiger charge is 2.32. The number of ether oxygens (including phenoxy) is 1. The van der Waals surface area contributed by atoms with Crippen LogP contribution in [0.1, 0.15) is 5.56 Å². The summed E-state index contributed by atoms with van der Waals surface area (Å²) in [7, 11) is 0. The quantitative estimate of drug-likeness (QED) is 0.781. The van der Waals surface area contributed by atoms with Crippen LogP contribution in [0.2, 0.25) is 0 Å². The van der Waals surface area contributed by atoms with Gasteiger partial charge in [-0.25, -0.2) is 0 Å². The Balaban J connectivity index is 3.06. The molecular weight excluding hydrogens is 263 g/mol. The predicted octanol–water partition coefficient (Wildman–Crippen LogP) is 3.22. The molecule has 0 aliphatic rings. The van der Waals surface area contributed by atoms with E-state index in [0.717, 1.165) is 6.07 Å². The highest BCUT2D eigenvalue weighted by atomic mass is 79.9. The lowest BCUT2D eigenvalue weighted by molar-refractivity contribution is -0.274. The van der Waals surface area contributed by atoms with E-state index >= 15 is 0 Å². The number of benzene rings is 1. The van der Waals surface area contributed by atoms with Gasteiger partial charge >= 0.3 is 6.36 Å². The first-order valence-electron chi connectivity index (χ1n) is 3.38. The summed E-state index contributed by atoms with van der Waals surface area (Å²) >= 11 is 2.85. The Kier molecular flexibility index (Phi) is 3.01. The SMILES string of the molecule is N#Cc1cccc(OC(F)(F)F)c1Br. The summed E-state index contributed by atoms with van der Waals surface area (Å²) in [6.45, 7) is 0. The minimum Gasteiger partial charge on any atom is -0.405 e. The Labute approximate surface area is 86.0 Å². The van der Waals surface area contributed by atoms with Gasteiger partial charge in [0.25, 0.3) is 0 Å². The molecule has 0 heterocycles. The molecule has 2 nitrogen and oxygen atoms in total. The fourth-order valence-electron chi connectivity index (χ4n) is 0.801. The second kappa shape index (κ2) is 3.88. The summed E-state index contributed by atoms with van der Waals surface area (Å²) in [6.07, 6.45) is -4.75. The van der Waals surface area contributed by atoms with Crippen molar-refractivity contribution in [3.05, 3.63) is 28.2 Å². The summed E-state index contributed by atoms with van der Waals surface area (Å²) < 4.78 is 39.2. The lowest BCUT2D eigenvalue weighted by atomic mass is 10.2. The highest BCUT2D eigenvalue weighted by Crippen LogP contribution is 2.32. The van der Waals surface area contributed by atoms with Crippen LogP contribution >= 0.6 is 15.9 Å². The first kappa shape index (κ1) is 10.9. The zero-order valence-electron chi connectivity index (χ0n) is 6.60. The molecule has 0 amide bonds. The van der Waals surface area contributed by atoms with Gasteiger partial charge in [0.2, 0.25) is 0 Å². The molecule has 0 aromatic heterocycles. The van der Waals surface area contributed by atoms with E-state index in [1.807, 2.05) is 0 Å². The van der Waals surface area contributed by atoms with Crippen molar-refractivity contribution in [2.75, 3.05) is 0 Å². The summed E-state index contributed by atoms with van der Waals surface area (Å²) in [4.78, 5) is 0. The van der Waals surface area contributed by atoms with E-state index in [0.29, 0.717) is 0 Å². The molecule has 0 atom stereocenters. The molecule has 0 radical (unpaired) electrons. The molecule has 1 rings (SSSR count). The highest BCUT2D eigenvalue weighted by molar-refractivity contribution is 9.10. The van der Waals surface area contributed by atoms with Crippen molar-refractivity contribution in [2.24, 2.45) is 0 Å². The van der Waals surface area contributed by atoms with E-state index in [1.54, 1.807) is 6.07 Å². The van der Waals surface area contributed by atoms with Gasteiger partial charge in [-0.1, -0.05) is 6.07 Å². The van der Waals surface area contributed by atoms with Crippen molar-refractivity contribution < 1.29 is 17.9 Å². The van der Waals surface area contributed by atoms with Crippen LogP contribution < -0.4 is 4.74 Å². The average molecular weight is 266 g/mol. The predicted molar refractivity (Wildman–Crippen MR) is 45.5 cm³/mol. The lowest BCUT2D eigenvalue weighted by Gasteiger charge is -2.10. The maximum atomic E-state index is 11.8. The third-order valence-corrected chi connectivity index (χ3v) is 2.13. The number of halogens is 4. The van der Waals surface area contributed by atoms with E-state index in [-0.39, 0.29) is 10.0 Å². The van der Waals surface area contributed by atoms with E-state index in [2.05, 4.69) is 20.7 Å². The molecule has 0 bridgehead atoms. The molecule has 0 aliphatic carbocycles. The summed E-state index contributed by atoms with van der Waals surface area (Å²) in [6, 6.07) is 5.54. The van der Waals surface area contributed by atoms with Crippen LogP contribution in [0.15, 0.2) is 22.7 Å². The van der Waals surface area contributed by atoms with Crippen LogP contribution in [0.25, 0.3) is 0 Å². The Morgan fingerprint density at radius 2 is 2.00 bits per heavy atom. The van der Waals surface area contributed by atoms with Crippen molar-refractivity contribution in [3.8, 4) is 11.8 Å². The van der Waals surface area contributed by atoms with Crippen molar-refractivity contribution in [2.45, 2.75) is 6.36 Å². The van der Waals surface area contributed by atoms with E-state index in [4.69, 9.17) is 5.26 Å². The molecule has 0 spiro atoms. The fraction of sp³-hybridized carbons (Fsp3) is 0.125. The Morgan fingerprint density at radius 3 is 2.50 bits per heavy atom. The molecule has 74 valence electrons. The molecule has 1 aromatic carbocycles. The van der Waals surface area contributed by atoms with Gasteiger partial charge in [-0.05, 0) is 28.1 Å². The van der Waals surface area contributed by atoms with Gasteiger partial charge in [0.15, 0.2) is 0 Å². The Hall–Kier alpha value is -1.22. The van der Waals surface area contributed by atoms with Crippen molar-refractivity contribution in [1.82, 2.24) is 0 Å². The van der Waals surface area contributed by atoms with Crippen LogP contribution in [0, 0.1) is 11.3 Å². The smallest absolute Gasteiger partial charge is 0.405 e. The number of hydrogen-bond acceptors (Lipinski definition) is 2. The monoisotopic (exact) mass is 265 g/mol. The number of hydrogen-bond donors (Lipinski definition) is 0. The largest absolute Gasteiger partial charge is 0.573 e. The van der Waals surface area contributed by atoms with E-state index in [1.165, 1.54) is 12.1 Å². The molecule has 0 unspecified atom stereocenters. The first-order chi connectivity index (χ1) is 6.44. The zero-order valence-corrected chi connectivity index (χ0v) is 8.19. The van der Waals surface area contributed by atoms with Crippen molar-refractivity contribution in [1.29, 1.82) is 5.26 Å². The molecule has 1 aromatic rings. The van der Waals surface area contributed by atoms with Crippen molar-refractivity contribution in [3.63, 3.8) is 0 Å². The van der Waals surface area contributed by atoms with Crippen LogP contribution in [0.5, 0.6) is 5.75 Å². The van der Waals surface area contributed by atoms with Crippen LogP contribution in [0.3, 0.4) is 0 Å². The van der Waals surface area contributed by atoms with Gasteiger partial charge in [0.05, 0.1) is 10.0 Å². The maximum absolute atomic E-state index is 11.8.